The third kappa shape index (κ3) is 4.48. The van der Waals surface area contributed by atoms with E-state index in [1.54, 1.807) is 6.07 Å². The van der Waals surface area contributed by atoms with Crippen LogP contribution in [0.15, 0.2) is 0 Å². The van der Waals surface area contributed by atoms with Gasteiger partial charge in [-0.3, -0.25) is 4.79 Å². The molecule has 0 aliphatic carbocycles. The van der Waals surface area contributed by atoms with E-state index in [4.69, 9.17) is 10.4 Å². The van der Waals surface area contributed by atoms with E-state index in [1.807, 2.05) is 6.92 Å². The summed E-state index contributed by atoms with van der Waals surface area (Å²) in [4.78, 5) is 10.7. The standard InChI is InChI=1S/C9H15NO3/c1-2-3-4-7(9(12)13)8(11)5-6-10/h7-8,11H,2-5H2,1H3,(H,12,13). The molecule has 0 aliphatic heterocycles. The molecule has 0 aromatic rings. The summed E-state index contributed by atoms with van der Waals surface area (Å²) >= 11 is 0. The molecular formula is C9H15NO3. The zero-order chi connectivity index (χ0) is 10.3. The minimum atomic E-state index is -1.03. The number of unbranched alkanes of at least 4 members (excludes halogenated alkanes) is 1. The van der Waals surface area contributed by atoms with E-state index in [1.165, 1.54) is 0 Å². The van der Waals surface area contributed by atoms with Crippen LogP contribution < -0.4 is 0 Å². The Hall–Kier alpha value is -1.08. The van der Waals surface area contributed by atoms with Gasteiger partial charge in [-0.1, -0.05) is 19.8 Å². The second kappa shape index (κ2) is 6.44. The zero-order valence-corrected chi connectivity index (χ0v) is 7.73. The van der Waals surface area contributed by atoms with Crippen molar-refractivity contribution in [2.24, 2.45) is 5.92 Å². The SMILES string of the molecule is CCCCC(C(=O)O)C(O)CC#N. The highest BCUT2D eigenvalue weighted by molar-refractivity contribution is 5.70. The molecule has 2 unspecified atom stereocenters. The van der Waals surface area contributed by atoms with Gasteiger partial charge in [-0.25, -0.2) is 0 Å². The molecular weight excluding hydrogens is 170 g/mol. The van der Waals surface area contributed by atoms with E-state index in [0.717, 1.165) is 12.8 Å². The van der Waals surface area contributed by atoms with E-state index in [0.29, 0.717) is 6.42 Å². The number of hydrogen-bond acceptors (Lipinski definition) is 3. The van der Waals surface area contributed by atoms with Crippen LogP contribution in [0.5, 0.6) is 0 Å². The number of nitrogens with zero attached hydrogens (tertiary/aromatic N) is 1. The second-order valence-electron chi connectivity index (χ2n) is 3.02. The Labute approximate surface area is 77.8 Å². The van der Waals surface area contributed by atoms with Gasteiger partial charge in [-0.2, -0.15) is 5.26 Å². The summed E-state index contributed by atoms with van der Waals surface area (Å²) < 4.78 is 0. The van der Waals surface area contributed by atoms with Gasteiger partial charge in [-0.05, 0) is 6.42 Å². The van der Waals surface area contributed by atoms with Crippen molar-refractivity contribution in [1.29, 1.82) is 5.26 Å². The van der Waals surface area contributed by atoms with E-state index >= 15 is 0 Å². The summed E-state index contributed by atoms with van der Waals surface area (Å²) in [6.07, 6.45) is 0.951. The first kappa shape index (κ1) is 11.9. The molecule has 0 spiro atoms. The zero-order valence-electron chi connectivity index (χ0n) is 7.73. The van der Waals surface area contributed by atoms with Gasteiger partial charge >= 0.3 is 5.97 Å². The molecule has 0 bridgehead atoms. The van der Waals surface area contributed by atoms with E-state index in [9.17, 15) is 9.90 Å². The van der Waals surface area contributed by atoms with Crippen molar-refractivity contribution in [2.75, 3.05) is 0 Å². The average Bonchev–Trinajstić information content (AvgIpc) is 2.05. The molecule has 0 heterocycles. The number of aliphatic carboxylic acids is 1. The Bertz CT molecular complexity index is 198. The van der Waals surface area contributed by atoms with Gasteiger partial charge in [0.15, 0.2) is 0 Å². The van der Waals surface area contributed by atoms with Crippen molar-refractivity contribution in [3.05, 3.63) is 0 Å². The molecule has 0 fully saturated rings. The number of aliphatic hydroxyl groups is 1. The predicted octanol–water partition coefficient (Wildman–Crippen LogP) is 1.15. The van der Waals surface area contributed by atoms with Gasteiger partial charge in [0.1, 0.15) is 0 Å². The molecule has 0 saturated carbocycles. The highest BCUT2D eigenvalue weighted by Gasteiger charge is 2.25. The minimum Gasteiger partial charge on any atom is -0.481 e. The lowest BCUT2D eigenvalue weighted by Gasteiger charge is -2.15. The molecule has 2 atom stereocenters. The quantitative estimate of drug-likeness (QED) is 0.650. The fourth-order valence-corrected chi connectivity index (χ4v) is 1.14. The maximum absolute atomic E-state index is 10.7. The largest absolute Gasteiger partial charge is 0.481 e. The normalized spacial score (nSPS) is 14.5. The maximum Gasteiger partial charge on any atom is 0.309 e. The molecule has 2 N–H and O–H groups in total. The van der Waals surface area contributed by atoms with Crippen molar-refractivity contribution in [3.8, 4) is 6.07 Å². The van der Waals surface area contributed by atoms with Crippen LogP contribution in [0.25, 0.3) is 0 Å². The number of carbonyl (C=O) groups is 1. The van der Waals surface area contributed by atoms with Crippen molar-refractivity contribution in [3.63, 3.8) is 0 Å². The Morgan fingerprint density at radius 3 is 2.62 bits per heavy atom. The van der Waals surface area contributed by atoms with Crippen molar-refractivity contribution in [2.45, 2.75) is 38.7 Å². The summed E-state index contributed by atoms with van der Waals surface area (Å²) in [5.74, 6) is -1.81. The van der Waals surface area contributed by atoms with E-state index in [2.05, 4.69) is 0 Å². The smallest absolute Gasteiger partial charge is 0.309 e. The molecule has 74 valence electrons. The number of nitriles is 1. The Kier molecular flexibility index (Phi) is 5.90. The first-order valence-corrected chi connectivity index (χ1v) is 4.41. The summed E-state index contributed by atoms with van der Waals surface area (Å²) in [6.45, 7) is 1.95. The monoisotopic (exact) mass is 185 g/mol. The topological polar surface area (TPSA) is 81.3 Å². The summed E-state index contributed by atoms with van der Waals surface area (Å²) in [7, 11) is 0. The van der Waals surface area contributed by atoms with Crippen LogP contribution in [0.3, 0.4) is 0 Å². The molecule has 4 nitrogen and oxygen atoms in total. The highest BCUT2D eigenvalue weighted by Crippen LogP contribution is 2.15. The number of hydrogen-bond donors (Lipinski definition) is 2. The fraction of sp³-hybridized carbons (Fsp3) is 0.778. The van der Waals surface area contributed by atoms with Gasteiger partial charge in [0, 0.05) is 0 Å². The lowest BCUT2D eigenvalue weighted by atomic mass is 9.94. The number of carboxylic acids is 1. The summed E-state index contributed by atoms with van der Waals surface area (Å²) in [6, 6.07) is 1.77. The van der Waals surface area contributed by atoms with Crippen LogP contribution in [0.1, 0.15) is 32.6 Å². The highest BCUT2D eigenvalue weighted by atomic mass is 16.4. The molecule has 0 aromatic carbocycles. The minimum absolute atomic E-state index is 0.110. The van der Waals surface area contributed by atoms with Gasteiger partial charge < -0.3 is 10.2 Å². The van der Waals surface area contributed by atoms with E-state index < -0.39 is 18.0 Å². The fourth-order valence-electron chi connectivity index (χ4n) is 1.14. The van der Waals surface area contributed by atoms with Gasteiger partial charge in [0.2, 0.25) is 0 Å². The number of aliphatic hydroxyl groups excluding tert-OH is 1. The third-order valence-electron chi connectivity index (χ3n) is 1.95. The predicted molar refractivity (Wildman–Crippen MR) is 46.9 cm³/mol. The Morgan fingerprint density at radius 2 is 2.23 bits per heavy atom. The van der Waals surface area contributed by atoms with Crippen molar-refractivity contribution < 1.29 is 15.0 Å². The summed E-state index contributed by atoms with van der Waals surface area (Å²) in [5, 5.41) is 26.3. The van der Waals surface area contributed by atoms with Gasteiger partial charge in [-0.15, -0.1) is 0 Å². The van der Waals surface area contributed by atoms with Crippen LogP contribution in [0.4, 0.5) is 0 Å². The van der Waals surface area contributed by atoms with E-state index in [-0.39, 0.29) is 6.42 Å². The Balaban J connectivity index is 4.08. The molecule has 0 radical (unpaired) electrons. The second-order valence-corrected chi connectivity index (χ2v) is 3.02. The first-order valence-electron chi connectivity index (χ1n) is 4.41. The number of rotatable bonds is 6. The van der Waals surface area contributed by atoms with Crippen molar-refractivity contribution in [1.82, 2.24) is 0 Å². The molecule has 0 saturated heterocycles. The molecule has 0 amide bonds. The van der Waals surface area contributed by atoms with Crippen LogP contribution in [0.2, 0.25) is 0 Å². The molecule has 4 heteroatoms. The first-order chi connectivity index (χ1) is 6.13. The Morgan fingerprint density at radius 1 is 1.62 bits per heavy atom. The van der Waals surface area contributed by atoms with Crippen LogP contribution in [-0.4, -0.2) is 22.3 Å². The average molecular weight is 185 g/mol. The van der Waals surface area contributed by atoms with Gasteiger partial charge in [0.05, 0.1) is 24.5 Å². The lowest BCUT2D eigenvalue weighted by Crippen LogP contribution is -2.27. The number of carboxylic acid groups (broad SMARTS) is 1. The van der Waals surface area contributed by atoms with Crippen LogP contribution in [0, 0.1) is 17.2 Å². The van der Waals surface area contributed by atoms with Crippen LogP contribution >= 0.6 is 0 Å². The van der Waals surface area contributed by atoms with Crippen LogP contribution in [-0.2, 0) is 4.79 Å². The summed E-state index contributed by atoms with van der Waals surface area (Å²) in [5.41, 5.74) is 0. The third-order valence-corrected chi connectivity index (χ3v) is 1.95. The van der Waals surface area contributed by atoms with Gasteiger partial charge in [0.25, 0.3) is 0 Å². The molecule has 0 aromatic heterocycles. The molecule has 0 aliphatic rings. The lowest BCUT2D eigenvalue weighted by molar-refractivity contribution is -0.145. The van der Waals surface area contributed by atoms with Crippen molar-refractivity contribution >= 4 is 5.97 Å². The molecule has 13 heavy (non-hydrogen) atoms. The molecule has 0 rings (SSSR count). The maximum atomic E-state index is 10.7.